The lowest BCUT2D eigenvalue weighted by Gasteiger charge is -2.06. The summed E-state index contributed by atoms with van der Waals surface area (Å²) in [5, 5.41) is 0. The molecule has 0 saturated carbocycles. The second-order valence-electron chi connectivity index (χ2n) is 3.88. The number of nitrogens with two attached hydrogens (primary N) is 1. The molecule has 88 valence electrons. The topological polar surface area (TPSA) is 48.1 Å². The van der Waals surface area contributed by atoms with Crippen LogP contribution in [0.1, 0.15) is 12.5 Å². The number of rotatable bonds is 3. The van der Waals surface area contributed by atoms with E-state index in [9.17, 15) is 0 Å². The van der Waals surface area contributed by atoms with Crippen LogP contribution in [0.4, 0.5) is 5.82 Å². The van der Waals surface area contributed by atoms with Gasteiger partial charge in [0.05, 0.1) is 6.61 Å². The molecule has 1 aromatic carbocycles. The maximum Gasteiger partial charge on any atom is 0.126 e. The summed E-state index contributed by atoms with van der Waals surface area (Å²) in [7, 11) is 0. The molecule has 0 spiro atoms. The summed E-state index contributed by atoms with van der Waals surface area (Å²) in [6.07, 6.45) is 1.79. The molecular formula is C14H16N2O. The summed E-state index contributed by atoms with van der Waals surface area (Å²) in [6, 6.07) is 10.0. The first-order valence-electron chi connectivity index (χ1n) is 5.66. The van der Waals surface area contributed by atoms with Crippen LogP contribution in [0.25, 0.3) is 11.1 Å². The Morgan fingerprint density at radius 3 is 2.47 bits per heavy atom. The number of aromatic nitrogens is 1. The standard InChI is InChI=1S/C14H16N2O/c1-3-17-13-6-4-11(5-7-13)12-8-10(2)14(15)16-9-12/h4-9H,3H2,1-2H3,(H2,15,16). The lowest BCUT2D eigenvalue weighted by atomic mass is 10.1. The molecule has 2 aromatic rings. The molecule has 3 heteroatoms. The molecule has 0 aliphatic rings. The van der Waals surface area contributed by atoms with Crippen LogP contribution in [0.2, 0.25) is 0 Å². The number of aryl methyl sites for hydroxylation is 1. The second-order valence-corrected chi connectivity index (χ2v) is 3.88. The molecule has 0 atom stereocenters. The number of pyridine rings is 1. The van der Waals surface area contributed by atoms with Gasteiger partial charge in [0.15, 0.2) is 0 Å². The Balaban J connectivity index is 2.30. The van der Waals surface area contributed by atoms with Crippen molar-refractivity contribution in [1.82, 2.24) is 4.98 Å². The fourth-order valence-electron chi connectivity index (χ4n) is 1.65. The molecular weight excluding hydrogens is 212 g/mol. The van der Waals surface area contributed by atoms with Crippen molar-refractivity contribution in [1.29, 1.82) is 0 Å². The second kappa shape index (κ2) is 4.87. The highest BCUT2D eigenvalue weighted by Crippen LogP contribution is 2.23. The number of ether oxygens (including phenoxy) is 1. The van der Waals surface area contributed by atoms with Gasteiger partial charge in [-0.05, 0) is 43.2 Å². The van der Waals surface area contributed by atoms with E-state index in [2.05, 4.69) is 4.98 Å². The Labute approximate surface area is 101 Å². The predicted molar refractivity (Wildman–Crippen MR) is 70.0 cm³/mol. The normalized spacial score (nSPS) is 10.2. The molecule has 0 bridgehead atoms. The van der Waals surface area contributed by atoms with Crippen molar-refractivity contribution in [3.05, 3.63) is 42.1 Å². The molecule has 0 aliphatic heterocycles. The average molecular weight is 228 g/mol. The monoisotopic (exact) mass is 228 g/mol. The zero-order chi connectivity index (χ0) is 12.3. The van der Waals surface area contributed by atoms with E-state index in [0.717, 1.165) is 22.4 Å². The van der Waals surface area contributed by atoms with Crippen LogP contribution < -0.4 is 10.5 Å². The summed E-state index contributed by atoms with van der Waals surface area (Å²) in [5.74, 6) is 1.47. The van der Waals surface area contributed by atoms with Crippen molar-refractivity contribution in [2.24, 2.45) is 0 Å². The number of anilines is 1. The van der Waals surface area contributed by atoms with Gasteiger partial charge in [-0.25, -0.2) is 4.98 Å². The van der Waals surface area contributed by atoms with Gasteiger partial charge in [-0.3, -0.25) is 0 Å². The molecule has 2 N–H and O–H groups in total. The number of hydrogen-bond acceptors (Lipinski definition) is 3. The Hall–Kier alpha value is -2.03. The summed E-state index contributed by atoms with van der Waals surface area (Å²) in [6.45, 7) is 4.61. The fraction of sp³-hybridized carbons (Fsp3) is 0.214. The highest BCUT2D eigenvalue weighted by atomic mass is 16.5. The lowest BCUT2D eigenvalue weighted by Crippen LogP contribution is -1.94. The molecule has 17 heavy (non-hydrogen) atoms. The minimum absolute atomic E-state index is 0.583. The summed E-state index contributed by atoms with van der Waals surface area (Å²) in [5.41, 5.74) is 8.88. The Morgan fingerprint density at radius 1 is 1.18 bits per heavy atom. The third kappa shape index (κ3) is 2.56. The predicted octanol–water partition coefficient (Wildman–Crippen LogP) is 3.04. The summed E-state index contributed by atoms with van der Waals surface area (Å²) >= 11 is 0. The SMILES string of the molecule is CCOc1ccc(-c2cnc(N)c(C)c2)cc1. The van der Waals surface area contributed by atoms with Gasteiger partial charge in [0.1, 0.15) is 11.6 Å². The molecule has 3 nitrogen and oxygen atoms in total. The Morgan fingerprint density at radius 2 is 1.88 bits per heavy atom. The van der Waals surface area contributed by atoms with Crippen molar-refractivity contribution in [3.8, 4) is 16.9 Å². The number of hydrogen-bond donors (Lipinski definition) is 1. The number of benzene rings is 1. The van der Waals surface area contributed by atoms with E-state index in [1.54, 1.807) is 6.20 Å². The lowest BCUT2D eigenvalue weighted by molar-refractivity contribution is 0.340. The molecule has 2 rings (SSSR count). The molecule has 0 saturated heterocycles. The molecule has 0 amide bonds. The van der Waals surface area contributed by atoms with E-state index < -0.39 is 0 Å². The zero-order valence-corrected chi connectivity index (χ0v) is 10.1. The van der Waals surface area contributed by atoms with Gasteiger partial charge in [-0.2, -0.15) is 0 Å². The van der Waals surface area contributed by atoms with E-state index in [-0.39, 0.29) is 0 Å². The van der Waals surface area contributed by atoms with Crippen LogP contribution in [0.15, 0.2) is 36.5 Å². The first-order chi connectivity index (χ1) is 8.20. The van der Waals surface area contributed by atoms with Crippen molar-refractivity contribution in [2.45, 2.75) is 13.8 Å². The van der Waals surface area contributed by atoms with Crippen LogP contribution in [0.5, 0.6) is 5.75 Å². The van der Waals surface area contributed by atoms with Crippen molar-refractivity contribution in [3.63, 3.8) is 0 Å². The van der Waals surface area contributed by atoms with Crippen molar-refractivity contribution < 1.29 is 4.74 Å². The largest absolute Gasteiger partial charge is 0.494 e. The zero-order valence-electron chi connectivity index (χ0n) is 10.1. The van der Waals surface area contributed by atoms with E-state index >= 15 is 0 Å². The third-order valence-corrected chi connectivity index (χ3v) is 2.62. The summed E-state index contributed by atoms with van der Waals surface area (Å²) in [4.78, 5) is 4.16. The molecule has 0 aliphatic carbocycles. The van der Waals surface area contributed by atoms with Crippen LogP contribution in [0.3, 0.4) is 0 Å². The first-order valence-corrected chi connectivity index (χ1v) is 5.66. The molecule has 0 radical (unpaired) electrons. The van der Waals surface area contributed by atoms with Crippen LogP contribution >= 0.6 is 0 Å². The van der Waals surface area contributed by atoms with Gasteiger partial charge in [0, 0.05) is 11.8 Å². The average Bonchev–Trinajstić information content (AvgIpc) is 2.34. The van der Waals surface area contributed by atoms with Crippen molar-refractivity contribution in [2.75, 3.05) is 12.3 Å². The third-order valence-electron chi connectivity index (χ3n) is 2.62. The van der Waals surface area contributed by atoms with Gasteiger partial charge < -0.3 is 10.5 Å². The van der Waals surface area contributed by atoms with E-state index in [0.29, 0.717) is 12.4 Å². The van der Waals surface area contributed by atoms with Crippen LogP contribution in [-0.4, -0.2) is 11.6 Å². The summed E-state index contributed by atoms with van der Waals surface area (Å²) < 4.78 is 5.40. The smallest absolute Gasteiger partial charge is 0.126 e. The van der Waals surface area contributed by atoms with E-state index in [4.69, 9.17) is 10.5 Å². The molecule has 0 fully saturated rings. The fourth-order valence-corrected chi connectivity index (χ4v) is 1.65. The van der Waals surface area contributed by atoms with Gasteiger partial charge >= 0.3 is 0 Å². The molecule has 1 heterocycles. The molecule has 0 unspecified atom stereocenters. The van der Waals surface area contributed by atoms with Gasteiger partial charge in [0.2, 0.25) is 0 Å². The van der Waals surface area contributed by atoms with Crippen LogP contribution in [-0.2, 0) is 0 Å². The van der Waals surface area contributed by atoms with Gasteiger partial charge in [-0.1, -0.05) is 12.1 Å². The number of nitrogens with zero attached hydrogens (tertiary/aromatic N) is 1. The first kappa shape index (κ1) is 11.5. The molecule has 1 aromatic heterocycles. The maximum absolute atomic E-state index is 5.70. The Bertz CT molecular complexity index is 506. The number of nitrogen functional groups attached to an aromatic ring is 1. The Kier molecular flexibility index (Phi) is 3.28. The van der Waals surface area contributed by atoms with Crippen LogP contribution in [0, 0.1) is 6.92 Å². The minimum Gasteiger partial charge on any atom is -0.494 e. The quantitative estimate of drug-likeness (QED) is 0.878. The van der Waals surface area contributed by atoms with Gasteiger partial charge in [0.25, 0.3) is 0 Å². The minimum atomic E-state index is 0.583. The highest BCUT2D eigenvalue weighted by Gasteiger charge is 2.01. The maximum atomic E-state index is 5.70. The van der Waals surface area contributed by atoms with Crippen molar-refractivity contribution >= 4 is 5.82 Å². The van der Waals surface area contributed by atoms with E-state index in [1.807, 2.05) is 44.2 Å². The van der Waals surface area contributed by atoms with E-state index in [1.165, 1.54) is 0 Å². The van der Waals surface area contributed by atoms with Gasteiger partial charge in [-0.15, -0.1) is 0 Å². The highest BCUT2D eigenvalue weighted by molar-refractivity contribution is 5.65.